The zero-order chi connectivity index (χ0) is 16.8. The molecular weight excluding hydrogens is 304 g/mol. The molecule has 2 amide bonds. The van der Waals surface area contributed by atoms with Gasteiger partial charge in [-0.25, -0.2) is 4.98 Å². The molecule has 0 atom stereocenters. The molecule has 0 aliphatic heterocycles. The Bertz CT molecular complexity index is 693. The van der Waals surface area contributed by atoms with Gasteiger partial charge in [0.2, 0.25) is 11.8 Å². The lowest BCUT2D eigenvalue weighted by Gasteiger charge is -2.08. The zero-order valence-electron chi connectivity index (χ0n) is 13.6. The van der Waals surface area contributed by atoms with Gasteiger partial charge in [-0.2, -0.15) is 0 Å². The minimum Gasteiger partial charge on any atom is -0.356 e. The van der Waals surface area contributed by atoms with Gasteiger partial charge in [0.1, 0.15) is 0 Å². The van der Waals surface area contributed by atoms with E-state index in [-0.39, 0.29) is 17.7 Å². The third kappa shape index (κ3) is 4.94. The molecule has 1 aliphatic carbocycles. The Morgan fingerprint density at radius 1 is 1.29 bits per heavy atom. The van der Waals surface area contributed by atoms with Crippen molar-refractivity contribution in [2.75, 3.05) is 11.9 Å². The van der Waals surface area contributed by atoms with E-state index in [1.807, 2.05) is 35.0 Å². The van der Waals surface area contributed by atoms with Gasteiger partial charge in [-0.05, 0) is 37.0 Å². The van der Waals surface area contributed by atoms with Crippen LogP contribution >= 0.6 is 0 Å². The molecule has 1 aromatic carbocycles. The van der Waals surface area contributed by atoms with E-state index in [9.17, 15) is 9.59 Å². The number of nitrogens with one attached hydrogen (secondary N) is 2. The van der Waals surface area contributed by atoms with Gasteiger partial charge in [-0.1, -0.05) is 12.1 Å². The van der Waals surface area contributed by atoms with E-state index in [1.54, 1.807) is 12.5 Å². The lowest BCUT2D eigenvalue weighted by molar-refractivity contribution is -0.122. The third-order valence-corrected chi connectivity index (χ3v) is 3.96. The summed E-state index contributed by atoms with van der Waals surface area (Å²) in [6, 6.07) is 7.79. The summed E-state index contributed by atoms with van der Waals surface area (Å²) in [6.07, 6.45) is 8.47. The quantitative estimate of drug-likeness (QED) is 0.730. The number of imidazole rings is 1. The van der Waals surface area contributed by atoms with E-state index < -0.39 is 0 Å². The Morgan fingerprint density at radius 2 is 2.17 bits per heavy atom. The van der Waals surface area contributed by atoms with Gasteiger partial charge in [0.05, 0.1) is 6.33 Å². The molecule has 3 rings (SSSR count). The molecule has 1 aliphatic rings. The Kier molecular flexibility index (Phi) is 5.25. The van der Waals surface area contributed by atoms with Crippen LogP contribution in [0.1, 0.15) is 31.2 Å². The van der Waals surface area contributed by atoms with Crippen LogP contribution in [-0.2, 0) is 16.1 Å². The Morgan fingerprint density at radius 3 is 2.92 bits per heavy atom. The SMILES string of the molecule is O=C(CCCNC(=O)C1CC1)Nc1cccc(Cn2ccnc2)c1. The first-order chi connectivity index (χ1) is 11.7. The molecule has 24 heavy (non-hydrogen) atoms. The lowest BCUT2D eigenvalue weighted by Crippen LogP contribution is -2.26. The first-order valence-electron chi connectivity index (χ1n) is 8.33. The van der Waals surface area contributed by atoms with Crippen LogP contribution in [0.2, 0.25) is 0 Å². The van der Waals surface area contributed by atoms with Crippen molar-refractivity contribution in [1.82, 2.24) is 14.9 Å². The van der Waals surface area contributed by atoms with Gasteiger partial charge < -0.3 is 15.2 Å². The second-order valence-electron chi connectivity index (χ2n) is 6.15. The van der Waals surface area contributed by atoms with E-state index in [0.29, 0.717) is 19.4 Å². The second kappa shape index (κ2) is 7.77. The maximum absolute atomic E-state index is 12.0. The summed E-state index contributed by atoms with van der Waals surface area (Å²) in [7, 11) is 0. The van der Waals surface area contributed by atoms with E-state index in [0.717, 1.165) is 30.6 Å². The van der Waals surface area contributed by atoms with Crippen LogP contribution in [0.5, 0.6) is 0 Å². The predicted molar refractivity (Wildman–Crippen MR) is 91.4 cm³/mol. The van der Waals surface area contributed by atoms with Gasteiger partial charge >= 0.3 is 0 Å². The Hall–Kier alpha value is -2.63. The molecule has 1 aromatic heterocycles. The topological polar surface area (TPSA) is 76.0 Å². The summed E-state index contributed by atoms with van der Waals surface area (Å²) in [5.74, 6) is 0.315. The van der Waals surface area contributed by atoms with Crippen LogP contribution in [0.25, 0.3) is 0 Å². The molecule has 1 saturated carbocycles. The monoisotopic (exact) mass is 326 g/mol. The fourth-order valence-corrected chi connectivity index (χ4v) is 2.51. The van der Waals surface area contributed by atoms with Crippen molar-refractivity contribution < 1.29 is 9.59 Å². The molecule has 0 unspecified atom stereocenters. The molecule has 1 fully saturated rings. The summed E-state index contributed by atoms with van der Waals surface area (Å²) in [5.41, 5.74) is 1.89. The molecule has 126 valence electrons. The van der Waals surface area contributed by atoms with Gasteiger partial charge in [0.25, 0.3) is 0 Å². The van der Waals surface area contributed by atoms with E-state index >= 15 is 0 Å². The second-order valence-corrected chi connectivity index (χ2v) is 6.15. The summed E-state index contributed by atoms with van der Waals surface area (Å²) in [4.78, 5) is 27.5. The third-order valence-electron chi connectivity index (χ3n) is 3.96. The van der Waals surface area contributed by atoms with E-state index in [1.165, 1.54) is 0 Å². The first-order valence-corrected chi connectivity index (χ1v) is 8.33. The molecule has 2 N–H and O–H groups in total. The van der Waals surface area contributed by atoms with Crippen molar-refractivity contribution in [3.8, 4) is 0 Å². The van der Waals surface area contributed by atoms with Crippen molar-refractivity contribution >= 4 is 17.5 Å². The largest absolute Gasteiger partial charge is 0.356 e. The summed E-state index contributed by atoms with van der Waals surface area (Å²) in [6.45, 7) is 1.28. The highest BCUT2D eigenvalue weighted by atomic mass is 16.2. The maximum atomic E-state index is 12.0. The Labute approximate surface area is 141 Å². The van der Waals surface area contributed by atoms with Crippen LogP contribution in [0.15, 0.2) is 43.0 Å². The fourth-order valence-electron chi connectivity index (χ4n) is 2.51. The van der Waals surface area contributed by atoms with E-state index in [4.69, 9.17) is 0 Å². The molecule has 2 aromatic rings. The summed E-state index contributed by atoms with van der Waals surface area (Å²) in [5, 5.41) is 5.78. The zero-order valence-corrected chi connectivity index (χ0v) is 13.6. The number of hydrogen-bond acceptors (Lipinski definition) is 3. The highest BCUT2D eigenvalue weighted by molar-refractivity contribution is 5.90. The van der Waals surface area contributed by atoms with E-state index in [2.05, 4.69) is 15.6 Å². The van der Waals surface area contributed by atoms with Gasteiger partial charge in [0.15, 0.2) is 0 Å². The number of carbonyl (C=O) groups excluding carboxylic acids is 2. The Balaban J connectivity index is 1.41. The number of nitrogens with zero attached hydrogens (tertiary/aromatic N) is 2. The maximum Gasteiger partial charge on any atom is 0.224 e. The van der Waals surface area contributed by atoms with Crippen LogP contribution in [0.3, 0.4) is 0 Å². The number of amides is 2. The molecule has 6 heteroatoms. The van der Waals surface area contributed by atoms with Gasteiger partial charge in [0, 0.05) is 43.5 Å². The van der Waals surface area contributed by atoms with Crippen LogP contribution in [0.4, 0.5) is 5.69 Å². The first kappa shape index (κ1) is 16.2. The van der Waals surface area contributed by atoms with Crippen molar-refractivity contribution in [1.29, 1.82) is 0 Å². The van der Waals surface area contributed by atoms with Crippen molar-refractivity contribution in [3.05, 3.63) is 48.5 Å². The molecule has 6 nitrogen and oxygen atoms in total. The van der Waals surface area contributed by atoms with Crippen molar-refractivity contribution in [3.63, 3.8) is 0 Å². The standard InChI is InChI=1S/C18H22N4O2/c23-17(5-2-8-20-18(24)15-6-7-15)21-16-4-1-3-14(11-16)12-22-10-9-19-13-22/h1,3-4,9-11,13,15H,2,5-8,12H2,(H,20,24)(H,21,23). The number of aromatic nitrogens is 2. The van der Waals surface area contributed by atoms with Crippen LogP contribution in [0, 0.1) is 5.92 Å². The number of hydrogen-bond donors (Lipinski definition) is 2. The number of anilines is 1. The van der Waals surface area contributed by atoms with Gasteiger partial charge in [-0.15, -0.1) is 0 Å². The molecule has 0 radical (unpaired) electrons. The highest BCUT2D eigenvalue weighted by Gasteiger charge is 2.28. The minimum atomic E-state index is -0.0320. The van der Waals surface area contributed by atoms with Crippen LogP contribution in [-0.4, -0.2) is 27.9 Å². The van der Waals surface area contributed by atoms with Crippen LogP contribution < -0.4 is 10.6 Å². The summed E-state index contributed by atoms with van der Waals surface area (Å²) < 4.78 is 1.98. The fraction of sp³-hybridized carbons (Fsp3) is 0.389. The molecular formula is C18H22N4O2. The lowest BCUT2D eigenvalue weighted by atomic mass is 10.2. The average Bonchev–Trinajstić information content (AvgIpc) is 3.30. The smallest absolute Gasteiger partial charge is 0.224 e. The molecule has 1 heterocycles. The summed E-state index contributed by atoms with van der Waals surface area (Å²) >= 11 is 0. The molecule has 0 saturated heterocycles. The number of rotatable bonds is 8. The molecule has 0 spiro atoms. The number of carbonyl (C=O) groups is 2. The van der Waals surface area contributed by atoms with Gasteiger partial charge in [-0.3, -0.25) is 9.59 Å². The number of benzene rings is 1. The molecule has 0 bridgehead atoms. The average molecular weight is 326 g/mol. The van der Waals surface area contributed by atoms with Crippen molar-refractivity contribution in [2.24, 2.45) is 5.92 Å². The normalized spacial score (nSPS) is 13.5. The minimum absolute atomic E-state index is 0.0320. The predicted octanol–water partition coefficient (Wildman–Crippen LogP) is 2.18. The van der Waals surface area contributed by atoms with Crippen molar-refractivity contribution in [2.45, 2.75) is 32.2 Å². The highest BCUT2D eigenvalue weighted by Crippen LogP contribution is 2.28.